The monoisotopic (exact) mass is 132 g/mol. The van der Waals surface area contributed by atoms with E-state index in [1.807, 2.05) is 14.0 Å². The van der Waals surface area contributed by atoms with Gasteiger partial charge in [0.15, 0.2) is 7.85 Å². The Kier molecular flexibility index (Phi) is 1.23. The van der Waals surface area contributed by atoms with Crippen LogP contribution in [0.1, 0.15) is 24.5 Å². The summed E-state index contributed by atoms with van der Waals surface area (Å²) in [5, 5.41) is 0. The lowest BCUT2D eigenvalue weighted by Gasteiger charge is -1.95. The van der Waals surface area contributed by atoms with Crippen molar-refractivity contribution in [3.05, 3.63) is 18.1 Å². The second-order valence-electron chi connectivity index (χ2n) is 2.86. The topological polar surface area (TPSA) is 25.8 Å². The number of hydrogen-bond acceptors (Lipinski definition) is 2. The number of hydrogen-bond donors (Lipinski definition) is 0. The van der Waals surface area contributed by atoms with Crippen LogP contribution in [0.3, 0.4) is 0 Å². The molecular formula is C7H9BN2. The van der Waals surface area contributed by atoms with Crippen LogP contribution < -0.4 is 5.59 Å². The Morgan fingerprint density at radius 2 is 2.20 bits per heavy atom. The van der Waals surface area contributed by atoms with E-state index in [2.05, 4.69) is 9.97 Å². The molecule has 50 valence electrons. The minimum atomic E-state index is 0.729. The molecule has 1 aromatic heterocycles. The Balaban J connectivity index is 2.32. The van der Waals surface area contributed by atoms with E-state index >= 15 is 0 Å². The third kappa shape index (κ3) is 1.04. The molecule has 0 amide bonds. The zero-order valence-corrected chi connectivity index (χ0v) is 6.04. The fourth-order valence-electron chi connectivity index (χ4n) is 1.06. The predicted molar refractivity (Wildman–Crippen MR) is 42.2 cm³/mol. The van der Waals surface area contributed by atoms with Crippen LogP contribution in [0, 0.1) is 0 Å². The minimum absolute atomic E-state index is 0.729. The summed E-state index contributed by atoms with van der Waals surface area (Å²) < 4.78 is 0. The average Bonchev–Trinajstić information content (AvgIpc) is 2.68. The Bertz CT molecular complexity index is 245. The normalized spacial score (nSPS) is 17.2. The van der Waals surface area contributed by atoms with E-state index in [9.17, 15) is 0 Å². The van der Waals surface area contributed by atoms with Crippen molar-refractivity contribution in [2.45, 2.75) is 18.8 Å². The summed E-state index contributed by atoms with van der Waals surface area (Å²) >= 11 is 0. The smallest absolute Gasteiger partial charge is 0.166 e. The lowest BCUT2D eigenvalue weighted by atomic mass is 10.1. The van der Waals surface area contributed by atoms with E-state index in [-0.39, 0.29) is 0 Å². The summed E-state index contributed by atoms with van der Waals surface area (Å²) in [5.74, 6) is 0.729. The van der Waals surface area contributed by atoms with Crippen molar-refractivity contribution < 1.29 is 0 Å². The molecule has 0 saturated heterocycles. The summed E-state index contributed by atoms with van der Waals surface area (Å²) in [7, 11) is 1.98. The molecule has 1 heterocycles. The van der Waals surface area contributed by atoms with Gasteiger partial charge in [-0.05, 0) is 12.8 Å². The van der Waals surface area contributed by atoms with Crippen LogP contribution >= 0.6 is 0 Å². The molecule has 3 heteroatoms. The van der Waals surface area contributed by atoms with Gasteiger partial charge in [-0.25, -0.2) is 0 Å². The van der Waals surface area contributed by atoms with E-state index in [1.165, 1.54) is 18.5 Å². The zero-order chi connectivity index (χ0) is 6.97. The molecule has 1 aliphatic rings. The summed E-state index contributed by atoms with van der Waals surface area (Å²) in [4.78, 5) is 8.46. The number of rotatable bonds is 1. The van der Waals surface area contributed by atoms with Gasteiger partial charge in [-0.3, -0.25) is 9.97 Å². The molecule has 10 heavy (non-hydrogen) atoms. The van der Waals surface area contributed by atoms with Gasteiger partial charge in [-0.1, -0.05) is 0 Å². The van der Waals surface area contributed by atoms with E-state index in [4.69, 9.17) is 0 Å². The Morgan fingerprint density at radius 3 is 2.80 bits per heavy atom. The summed E-state index contributed by atoms with van der Waals surface area (Å²) in [6, 6.07) is 0. The largest absolute Gasteiger partial charge is 0.265 e. The fourth-order valence-corrected chi connectivity index (χ4v) is 1.06. The first-order valence-corrected chi connectivity index (χ1v) is 3.65. The van der Waals surface area contributed by atoms with Crippen molar-refractivity contribution in [2.24, 2.45) is 0 Å². The van der Waals surface area contributed by atoms with Crippen LogP contribution in [0.5, 0.6) is 0 Å². The van der Waals surface area contributed by atoms with E-state index in [0.717, 1.165) is 11.5 Å². The van der Waals surface area contributed by atoms with Gasteiger partial charge in [-0.2, -0.15) is 0 Å². The van der Waals surface area contributed by atoms with Crippen molar-refractivity contribution in [3.63, 3.8) is 0 Å². The van der Waals surface area contributed by atoms with Gasteiger partial charge < -0.3 is 0 Å². The van der Waals surface area contributed by atoms with Crippen molar-refractivity contribution in [2.75, 3.05) is 0 Å². The standard InChI is InChI=1S/C7H9BN2/c8-7-4-9-3-6(10-7)5-1-2-5/h3-5H,1-2,8H2. The van der Waals surface area contributed by atoms with Gasteiger partial charge in [0.25, 0.3) is 0 Å². The van der Waals surface area contributed by atoms with Crippen LogP contribution in [0.2, 0.25) is 0 Å². The van der Waals surface area contributed by atoms with Gasteiger partial charge in [0, 0.05) is 23.9 Å². The number of nitrogens with zero attached hydrogens (tertiary/aromatic N) is 2. The van der Waals surface area contributed by atoms with Gasteiger partial charge in [0.2, 0.25) is 0 Å². The molecule has 2 nitrogen and oxygen atoms in total. The Labute approximate surface area is 61.1 Å². The maximum Gasteiger partial charge on any atom is 0.166 e. The molecule has 1 fully saturated rings. The first-order chi connectivity index (χ1) is 4.86. The van der Waals surface area contributed by atoms with Crippen LogP contribution in [-0.2, 0) is 0 Å². The second kappa shape index (κ2) is 2.08. The molecule has 0 N–H and O–H groups in total. The average molecular weight is 132 g/mol. The highest BCUT2D eigenvalue weighted by atomic mass is 14.8. The van der Waals surface area contributed by atoms with Crippen LogP contribution in [0.25, 0.3) is 0 Å². The van der Waals surface area contributed by atoms with Gasteiger partial charge in [0.05, 0.1) is 5.69 Å². The first kappa shape index (κ1) is 5.89. The fraction of sp³-hybridized carbons (Fsp3) is 0.429. The van der Waals surface area contributed by atoms with Crippen molar-refractivity contribution in [1.82, 2.24) is 9.97 Å². The molecule has 0 bridgehead atoms. The highest BCUT2D eigenvalue weighted by molar-refractivity contribution is 6.30. The zero-order valence-electron chi connectivity index (χ0n) is 6.04. The maximum absolute atomic E-state index is 4.37. The molecule has 1 aliphatic carbocycles. The Hall–Kier alpha value is -0.855. The molecule has 0 spiro atoms. The summed E-state index contributed by atoms with van der Waals surface area (Å²) in [6.45, 7) is 0. The van der Waals surface area contributed by atoms with Crippen LogP contribution in [0.15, 0.2) is 12.4 Å². The molecule has 1 saturated carbocycles. The summed E-state index contributed by atoms with van der Waals surface area (Å²) in [5.41, 5.74) is 2.21. The highest BCUT2D eigenvalue weighted by Crippen LogP contribution is 2.37. The maximum atomic E-state index is 4.37. The number of aromatic nitrogens is 2. The molecule has 0 atom stereocenters. The lowest BCUT2D eigenvalue weighted by molar-refractivity contribution is 1.00. The van der Waals surface area contributed by atoms with E-state index in [0.29, 0.717) is 0 Å². The quantitative estimate of drug-likeness (QED) is 0.486. The lowest BCUT2D eigenvalue weighted by Crippen LogP contribution is -2.10. The first-order valence-electron chi connectivity index (χ1n) is 3.65. The minimum Gasteiger partial charge on any atom is -0.265 e. The third-order valence-corrected chi connectivity index (χ3v) is 1.77. The summed E-state index contributed by atoms with van der Waals surface area (Å²) in [6.07, 6.45) is 6.28. The Morgan fingerprint density at radius 1 is 1.40 bits per heavy atom. The second-order valence-corrected chi connectivity index (χ2v) is 2.86. The molecule has 1 aromatic rings. The molecule has 0 aliphatic heterocycles. The molecule has 0 radical (unpaired) electrons. The van der Waals surface area contributed by atoms with Crippen molar-refractivity contribution >= 4 is 13.4 Å². The predicted octanol–water partition coefficient (Wildman–Crippen LogP) is -0.388. The molecule has 0 unspecified atom stereocenters. The molecule has 0 aromatic carbocycles. The third-order valence-electron chi connectivity index (χ3n) is 1.77. The van der Waals surface area contributed by atoms with Crippen LogP contribution in [-0.4, -0.2) is 17.8 Å². The SMILES string of the molecule is Bc1cncc(C2CC2)n1. The highest BCUT2D eigenvalue weighted by Gasteiger charge is 2.24. The van der Waals surface area contributed by atoms with Gasteiger partial charge in [-0.15, -0.1) is 0 Å². The van der Waals surface area contributed by atoms with Crippen molar-refractivity contribution in [3.8, 4) is 0 Å². The van der Waals surface area contributed by atoms with E-state index in [1.54, 1.807) is 6.20 Å². The van der Waals surface area contributed by atoms with Gasteiger partial charge >= 0.3 is 0 Å². The van der Waals surface area contributed by atoms with Crippen LogP contribution in [0.4, 0.5) is 0 Å². The molecular weight excluding hydrogens is 123 g/mol. The van der Waals surface area contributed by atoms with Crippen molar-refractivity contribution in [1.29, 1.82) is 0 Å². The van der Waals surface area contributed by atoms with E-state index < -0.39 is 0 Å². The molecule has 2 rings (SSSR count). The van der Waals surface area contributed by atoms with Gasteiger partial charge in [0.1, 0.15) is 0 Å².